The molecule has 0 radical (unpaired) electrons. The Labute approximate surface area is 148 Å². The minimum Gasteiger partial charge on any atom is -0.391 e. The molecule has 0 aliphatic heterocycles. The molecule has 1 aromatic carbocycles. The Morgan fingerprint density at radius 3 is 2.33 bits per heavy atom. The molecule has 0 saturated heterocycles. The van der Waals surface area contributed by atoms with Gasteiger partial charge in [0.15, 0.2) is 0 Å². The highest BCUT2D eigenvalue weighted by Crippen LogP contribution is 2.36. The van der Waals surface area contributed by atoms with Gasteiger partial charge in [0, 0.05) is 21.6 Å². The molecule has 0 saturated carbocycles. The van der Waals surface area contributed by atoms with Crippen molar-refractivity contribution in [1.82, 2.24) is 5.32 Å². The lowest BCUT2D eigenvalue weighted by Crippen LogP contribution is -2.46. The third-order valence-corrected chi connectivity index (χ3v) is 5.09. The molecule has 1 atom stereocenters. The van der Waals surface area contributed by atoms with Crippen molar-refractivity contribution in [3.63, 3.8) is 0 Å². The first kappa shape index (κ1) is 20.5. The highest BCUT2D eigenvalue weighted by atomic mass is 32.2. The van der Waals surface area contributed by atoms with Crippen molar-refractivity contribution in [3.8, 4) is 0 Å². The zero-order chi connectivity index (χ0) is 18.4. The lowest BCUT2D eigenvalue weighted by Gasteiger charge is -2.31. The molecule has 0 heterocycles. The summed E-state index contributed by atoms with van der Waals surface area (Å²) in [5, 5.41) is 13.3. The van der Waals surface area contributed by atoms with Crippen molar-refractivity contribution in [2.45, 2.75) is 68.2 Å². The fourth-order valence-electron chi connectivity index (χ4n) is 2.21. The van der Waals surface area contributed by atoms with E-state index in [2.05, 4.69) is 5.32 Å². The standard InChI is InChI=1S/C18H28N2O3S/c1-17(2,11-10-15(19)22)20-16(23)12-14(21)18(3,4)24-13-8-6-5-7-9-13/h5-9,14,21H,10-12H2,1-4H3,(H2,19,22)(H,20,23). The first-order valence-electron chi connectivity index (χ1n) is 8.03. The molecule has 1 unspecified atom stereocenters. The Morgan fingerprint density at radius 1 is 1.21 bits per heavy atom. The Balaban J connectivity index is 2.57. The number of rotatable bonds is 9. The maximum Gasteiger partial charge on any atom is 0.223 e. The van der Waals surface area contributed by atoms with Gasteiger partial charge in [0.25, 0.3) is 0 Å². The van der Waals surface area contributed by atoms with E-state index in [9.17, 15) is 14.7 Å². The van der Waals surface area contributed by atoms with Gasteiger partial charge < -0.3 is 16.2 Å². The lowest BCUT2D eigenvalue weighted by molar-refractivity contribution is -0.125. The highest BCUT2D eigenvalue weighted by molar-refractivity contribution is 8.00. The van der Waals surface area contributed by atoms with Gasteiger partial charge in [-0.25, -0.2) is 0 Å². The molecule has 1 rings (SSSR count). The molecule has 0 aromatic heterocycles. The van der Waals surface area contributed by atoms with Gasteiger partial charge in [-0.05, 0) is 46.2 Å². The van der Waals surface area contributed by atoms with E-state index in [0.29, 0.717) is 6.42 Å². The summed E-state index contributed by atoms with van der Waals surface area (Å²) in [6, 6.07) is 9.78. The van der Waals surface area contributed by atoms with Crippen molar-refractivity contribution in [2.24, 2.45) is 5.73 Å². The van der Waals surface area contributed by atoms with Crippen LogP contribution in [0.25, 0.3) is 0 Å². The molecular formula is C18H28N2O3S. The quantitative estimate of drug-likeness (QED) is 0.595. The Hall–Kier alpha value is -1.53. The zero-order valence-corrected chi connectivity index (χ0v) is 15.7. The van der Waals surface area contributed by atoms with E-state index in [1.165, 1.54) is 11.8 Å². The fraction of sp³-hybridized carbons (Fsp3) is 0.556. The third-order valence-electron chi connectivity index (χ3n) is 3.78. The number of nitrogens with one attached hydrogen (secondary N) is 1. The zero-order valence-electron chi connectivity index (χ0n) is 14.8. The molecule has 2 amide bonds. The second kappa shape index (κ2) is 8.53. The predicted molar refractivity (Wildman–Crippen MR) is 97.7 cm³/mol. The summed E-state index contributed by atoms with van der Waals surface area (Å²) in [7, 11) is 0. The average molecular weight is 353 g/mol. The number of hydrogen-bond donors (Lipinski definition) is 3. The van der Waals surface area contributed by atoms with Crippen LogP contribution >= 0.6 is 11.8 Å². The van der Waals surface area contributed by atoms with E-state index in [-0.39, 0.29) is 18.7 Å². The normalized spacial score (nSPS) is 13.4. The van der Waals surface area contributed by atoms with Gasteiger partial charge in [0.1, 0.15) is 0 Å². The molecule has 1 aromatic rings. The molecule has 5 nitrogen and oxygen atoms in total. The molecule has 4 N–H and O–H groups in total. The van der Waals surface area contributed by atoms with Gasteiger partial charge >= 0.3 is 0 Å². The van der Waals surface area contributed by atoms with Crippen molar-refractivity contribution in [1.29, 1.82) is 0 Å². The number of thioether (sulfide) groups is 1. The van der Waals surface area contributed by atoms with Crippen LogP contribution in [0.15, 0.2) is 35.2 Å². The van der Waals surface area contributed by atoms with Crippen molar-refractivity contribution < 1.29 is 14.7 Å². The maximum absolute atomic E-state index is 12.2. The molecule has 6 heteroatoms. The minimum atomic E-state index is -0.797. The first-order valence-corrected chi connectivity index (χ1v) is 8.85. The number of primary amides is 1. The second-order valence-electron chi connectivity index (χ2n) is 7.14. The Morgan fingerprint density at radius 2 is 1.79 bits per heavy atom. The van der Waals surface area contributed by atoms with Crippen LogP contribution in [-0.2, 0) is 9.59 Å². The molecule has 134 valence electrons. The molecule has 24 heavy (non-hydrogen) atoms. The van der Waals surface area contributed by atoms with Gasteiger partial charge in [-0.1, -0.05) is 18.2 Å². The predicted octanol–water partition coefficient (Wildman–Crippen LogP) is 2.47. The van der Waals surface area contributed by atoms with Crippen LogP contribution in [0.5, 0.6) is 0 Å². The number of hydrogen-bond acceptors (Lipinski definition) is 4. The maximum atomic E-state index is 12.2. The molecule has 0 spiro atoms. The summed E-state index contributed by atoms with van der Waals surface area (Å²) in [4.78, 5) is 24.1. The van der Waals surface area contributed by atoms with Crippen LogP contribution < -0.4 is 11.1 Å². The molecular weight excluding hydrogens is 324 g/mol. The largest absolute Gasteiger partial charge is 0.391 e. The van der Waals surface area contributed by atoms with E-state index in [0.717, 1.165) is 4.90 Å². The molecule has 0 aliphatic carbocycles. The monoisotopic (exact) mass is 352 g/mol. The van der Waals surface area contributed by atoms with Gasteiger partial charge in [-0.15, -0.1) is 11.8 Å². The SMILES string of the molecule is CC(C)(CCC(N)=O)NC(=O)CC(O)C(C)(C)Sc1ccccc1. The molecule has 0 fully saturated rings. The van der Waals surface area contributed by atoms with Crippen LogP contribution in [0, 0.1) is 0 Å². The summed E-state index contributed by atoms with van der Waals surface area (Å²) < 4.78 is -0.504. The van der Waals surface area contributed by atoms with E-state index in [4.69, 9.17) is 5.73 Å². The van der Waals surface area contributed by atoms with Crippen molar-refractivity contribution in [3.05, 3.63) is 30.3 Å². The number of amides is 2. The van der Waals surface area contributed by atoms with Gasteiger partial charge in [-0.2, -0.15) is 0 Å². The fourth-order valence-corrected chi connectivity index (χ4v) is 3.33. The third kappa shape index (κ3) is 7.36. The van der Waals surface area contributed by atoms with Crippen LogP contribution in [0.3, 0.4) is 0 Å². The first-order chi connectivity index (χ1) is 11.0. The van der Waals surface area contributed by atoms with Gasteiger partial charge in [0.2, 0.25) is 11.8 Å². The minimum absolute atomic E-state index is 0.00678. The Kier molecular flexibility index (Phi) is 7.29. The number of carbonyl (C=O) groups is 2. The van der Waals surface area contributed by atoms with E-state index in [1.807, 2.05) is 58.0 Å². The Bertz CT molecular complexity index is 559. The summed E-state index contributed by atoms with van der Waals surface area (Å²) >= 11 is 1.54. The second-order valence-corrected chi connectivity index (χ2v) is 8.86. The summed E-state index contributed by atoms with van der Waals surface area (Å²) in [6.07, 6.45) is -0.112. The summed E-state index contributed by atoms with van der Waals surface area (Å²) in [6.45, 7) is 7.51. The summed E-state index contributed by atoms with van der Waals surface area (Å²) in [5.41, 5.74) is 4.61. The smallest absolute Gasteiger partial charge is 0.223 e. The number of carbonyl (C=O) groups excluding carboxylic acids is 2. The number of aliphatic hydroxyl groups is 1. The van der Waals surface area contributed by atoms with Gasteiger partial charge in [0.05, 0.1) is 12.5 Å². The van der Waals surface area contributed by atoms with E-state index < -0.39 is 22.3 Å². The number of nitrogens with two attached hydrogens (primary N) is 1. The molecule has 0 aliphatic rings. The van der Waals surface area contributed by atoms with E-state index >= 15 is 0 Å². The van der Waals surface area contributed by atoms with Crippen LogP contribution in [0.1, 0.15) is 47.0 Å². The molecule has 0 bridgehead atoms. The lowest BCUT2D eigenvalue weighted by atomic mass is 9.96. The van der Waals surface area contributed by atoms with Crippen LogP contribution in [-0.4, -0.2) is 33.3 Å². The topological polar surface area (TPSA) is 92.4 Å². The van der Waals surface area contributed by atoms with Crippen LogP contribution in [0.2, 0.25) is 0 Å². The van der Waals surface area contributed by atoms with E-state index in [1.54, 1.807) is 0 Å². The van der Waals surface area contributed by atoms with Gasteiger partial charge in [-0.3, -0.25) is 9.59 Å². The van der Waals surface area contributed by atoms with Crippen molar-refractivity contribution in [2.75, 3.05) is 0 Å². The number of aliphatic hydroxyl groups excluding tert-OH is 1. The number of benzene rings is 1. The average Bonchev–Trinajstić information content (AvgIpc) is 2.45. The van der Waals surface area contributed by atoms with Crippen LogP contribution in [0.4, 0.5) is 0 Å². The summed E-state index contributed by atoms with van der Waals surface area (Å²) in [5.74, 6) is -0.628. The van der Waals surface area contributed by atoms with Crippen molar-refractivity contribution >= 4 is 23.6 Å². The highest BCUT2D eigenvalue weighted by Gasteiger charge is 2.32.